The third-order valence-corrected chi connectivity index (χ3v) is 0.894. The molecule has 0 aliphatic heterocycles. The van der Waals surface area contributed by atoms with E-state index in [0.717, 1.165) is 12.0 Å². The Hall–Kier alpha value is -1.19. The number of hydrogen-bond acceptors (Lipinski definition) is 4. The van der Waals surface area contributed by atoms with E-state index in [-0.39, 0.29) is 0 Å². The monoisotopic (exact) mass is 403 g/mol. The molecule has 5 heteroatoms. The van der Waals surface area contributed by atoms with Crippen molar-refractivity contribution in [3.05, 3.63) is 12.8 Å². The standard InChI is InChI=1S/C4H8O3S.Rf/c1-2-6-3-4-8-7-5;/h2,5H,1,3-4H2;. The van der Waals surface area contributed by atoms with Gasteiger partial charge in [0.1, 0.15) is 0 Å². The average molecular weight is 403 g/mol. The SMILES string of the molecule is C=COCCSOO.[Rf]. The van der Waals surface area contributed by atoms with Crippen molar-refractivity contribution in [3.63, 3.8) is 0 Å². The van der Waals surface area contributed by atoms with E-state index in [9.17, 15) is 0 Å². The summed E-state index contributed by atoms with van der Waals surface area (Å²) in [4.78, 5) is 0. The fourth-order valence-electron chi connectivity index (χ4n) is 0.203. The van der Waals surface area contributed by atoms with E-state index in [4.69, 9.17) is 5.26 Å². The van der Waals surface area contributed by atoms with Gasteiger partial charge in [-0.05, 0) is 0 Å². The second-order valence-electron chi connectivity index (χ2n) is 0.934. The molecule has 0 aromatic carbocycles. The Balaban J connectivity index is 0. The summed E-state index contributed by atoms with van der Waals surface area (Å²) in [6.07, 6.45) is 1.35. The van der Waals surface area contributed by atoms with E-state index in [1.165, 1.54) is 6.26 Å². The first-order chi connectivity index (χ1) is 3.91. The molecule has 0 atom stereocenters. The summed E-state index contributed by atoms with van der Waals surface area (Å²) >= 11 is 0.931. The minimum absolute atomic E-state index is 0. The molecule has 0 rings (SSSR count). The molecule has 0 amide bonds. The first-order valence-corrected chi connectivity index (χ1v) is 2.98. The van der Waals surface area contributed by atoms with Gasteiger partial charge in [-0.1, -0.05) is 6.58 Å². The smallest absolute Gasteiger partial charge is 0.0986 e. The Morgan fingerprint density at radius 3 is 2.78 bits per heavy atom. The van der Waals surface area contributed by atoms with Crippen molar-refractivity contribution in [2.45, 2.75) is 0 Å². The van der Waals surface area contributed by atoms with E-state index < -0.39 is 0 Å². The second-order valence-corrected chi connectivity index (χ2v) is 1.73. The first-order valence-electron chi connectivity index (χ1n) is 2.07. The summed E-state index contributed by atoms with van der Waals surface area (Å²) < 4.78 is 8.38. The molecular weight excluding hydrogens is 395 g/mol. The first kappa shape index (κ1) is 10.7. The zero-order valence-electron chi connectivity index (χ0n) is 5.08. The summed E-state index contributed by atoms with van der Waals surface area (Å²) in [5, 5.41) is 7.75. The van der Waals surface area contributed by atoms with Crippen LogP contribution in [0.25, 0.3) is 0 Å². The van der Waals surface area contributed by atoms with E-state index in [1.54, 1.807) is 0 Å². The van der Waals surface area contributed by atoms with Gasteiger partial charge in [0.05, 0.1) is 18.6 Å². The molecule has 0 aromatic rings. The predicted molar refractivity (Wildman–Crippen MR) is 32.3 cm³/mol. The van der Waals surface area contributed by atoms with Crippen molar-refractivity contribution in [3.8, 4) is 0 Å². The summed E-state index contributed by atoms with van der Waals surface area (Å²) in [5.74, 6) is 0.600. The zero-order valence-corrected chi connectivity index (χ0v) is 12.3. The Morgan fingerprint density at radius 2 is 2.33 bits per heavy atom. The summed E-state index contributed by atoms with van der Waals surface area (Å²) in [6.45, 7) is 3.83. The summed E-state index contributed by atoms with van der Waals surface area (Å²) in [7, 11) is 0. The van der Waals surface area contributed by atoms with Gasteiger partial charge >= 0.3 is 0 Å². The van der Waals surface area contributed by atoms with Crippen LogP contribution in [0.3, 0.4) is 0 Å². The average Bonchev–Trinajstić information content (AvgIpc) is 1.81. The molecule has 0 unspecified atom stereocenters. The molecule has 0 bridgehead atoms. The van der Waals surface area contributed by atoms with Gasteiger partial charge in [-0.2, -0.15) is 4.33 Å². The Morgan fingerprint density at radius 1 is 1.67 bits per heavy atom. The van der Waals surface area contributed by atoms with E-state index in [0.29, 0.717) is 12.4 Å². The number of hydrogen-bond donors (Lipinski definition) is 1. The molecule has 9 heavy (non-hydrogen) atoms. The van der Waals surface area contributed by atoms with Crippen LogP contribution >= 0.6 is 12.0 Å². The van der Waals surface area contributed by atoms with Crippen LogP contribution in [0, 0.1) is 0 Å². The molecule has 0 aliphatic carbocycles. The Bertz CT molecular complexity index is 61.8. The van der Waals surface area contributed by atoms with Gasteiger partial charge in [0.25, 0.3) is 0 Å². The summed E-state index contributed by atoms with van der Waals surface area (Å²) in [6, 6.07) is 0. The number of rotatable bonds is 5. The number of ether oxygens (including phenoxy) is 1. The fourth-order valence-corrected chi connectivity index (χ4v) is 0.442. The van der Waals surface area contributed by atoms with Crippen LogP contribution < -0.4 is 0 Å². The van der Waals surface area contributed by atoms with Gasteiger partial charge in [0.15, 0.2) is 0 Å². The molecule has 0 aromatic heterocycles. The maximum atomic E-state index is 7.75. The van der Waals surface area contributed by atoms with Crippen LogP contribution in [-0.4, -0.2) is 17.6 Å². The van der Waals surface area contributed by atoms with Crippen LogP contribution in [-0.2, 0) is 9.07 Å². The van der Waals surface area contributed by atoms with Crippen molar-refractivity contribution in [2.75, 3.05) is 12.4 Å². The zero-order chi connectivity index (χ0) is 6.24. The molecule has 50 valence electrons. The van der Waals surface area contributed by atoms with Gasteiger partial charge in [-0.3, -0.25) is 0 Å². The third-order valence-electron chi connectivity index (χ3n) is 0.455. The normalized spacial score (nSPS) is 7.67. The van der Waals surface area contributed by atoms with Crippen molar-refractivity contribution < 1.29 is 14.3 Å². The van der Waals surface area contributed by atoms with Crippen LogP contribution in [0.5, 0.6) is 0 Å². The molecule has 0 saturated carbocycles. The topological polar surface area (TPSA) is 38.7 Å². The maximum Gasteiger partial charge on any atom is 0.0986 e. The molecule has 0 radical (unpaired) electrons. The van der Waals surface area contributed by atoms with Gasteiger partial charge in [-0.15, -0.1) is 0 Å². The van der Waals surface area contributed by atoms with Crippen LogP contribution in [0.4, 0.5) is 0 Å². The fraction of sp³-hybridized carbons (Fsp3) is 0.500. The molecular formula is C4H8O3RfS. The molecule has 1 N–H and O–H groups in total. The Kier molecular flexibility index (Phi) is 11.8. The molecule has 3 nitrogen and oxygen atoms in total. The summed E-state index contributed by atoms with van der Waals surface area (Å²) in [5.41, 5.74) is 0. The molecule has 0 saturated heterocycles. The van der Waals surface area contributed by atoms with Gasteiger partial charge in [-0.25, -0.2) is 5.26 Å². The Labute approximate surface area is 52.4 Å². The van der Waals surface area contributed by atoms with Crippen molar-refractivity contribution in [2.24, 2.45) is 0 Å². The maximum absolute atomic E-state index is 7.75. The van der Waals surface area contributed by atoms with Crippen molar-refractivity contribution in [1.82, 2.24) is 0 Å². The van der Waals surface area contributed by atoms with Gasteiger partial charge in [0.2, 0.25) is 0 Å². The van der Waals surface area contributed by atoms with Crippen molar-refractivity contribution in [1.29, 1.82) is 0 Å². The minimum Gasteiger partial charge on any atom is -0.501 e. The largest absolute Gasteiger partial charge is 0.501 e. The molecule has 0 aliphatic rings. The van der Waals surface area contributed by atoms with E-state index in [1.807, 2.05) is 0 Å². The predicted octanol–water partition coefficient (Wildman–Crippen LogP) is 1.28. The molecule has 0 spiro atoms. The van der Waals surface area contributed by atoms with Crippen LogP contribution in [0.2, 0.25) is 0 Å². The van der Waals surface area contributed by atoms with E-state index >= 15 is 0 Å². The molecule has 0 fully saturated rings. The minimum atomic E-state index is 0. The molecule has 0 heterocycles. The van der Waals surface area contributed by atoms with Gasteiger partial charge < -0.3 is 4.74 Å². The van der Waals surface area contributed by atoms with Crippen LogP contribution in [0.15, 0.2) is 12.8 Å². The van der Waals surface area contributed by atoms with Gasteiger partial charge in [0, 0.05) is 12.0 Å². The van der Waals surface area contributed by atoms with E-state index in [2.05, 4.69) is 15.6 Å². The second kappa shape index (κ2) is 9.94. The third kappa shape index (κ3) is 10.9. The van der Waals surface area contributed by atoms with Crippen molar-refractivity contribution >= 4 is 12.0 Å². The quantitative estimate of drug-likeness (QED) is 0.247. The van der Waals surface area contributed by atoms with Crippen LogP contribution in [0.1, 0.15) is 0 Å².